The maximum atomic E-state index is 12.0. The highest BCUT2D eigenvalue weighted by molar-refractivity contribution is 5.92. The van der Waals surface area contributed by atoms with Gasteiger partial charge in [0, 0.05) is 5.70 Å². The van der Waals surface area contributed by atoms with Gasteiger partial charge in [-0.1, -0.05) is 0 Å². The quantitative estimate of drug-likeness (QED) is 0.767. The van der Waals surface area contributed by atoms with Crippen LogP contribution in [0.4, 0.5) is 4.79 Å². The predicted octanol–water partition coefficient (Wildman–Crippen LogP) is 1.40. The maximum absolute atomic E-state index is 12.0. The van der Waals surface area contributed by atoms with E-state index < -0.39 is 23.7 Å². The summed E-state index contributed by atoms with van der Waals surface area (Å²) in [6, 6.07) is -0.436. The molecule has 0 bridgehead atoms. The summed E-state index contributed by atoms with van der Waals surface area (Å²) < 4.78 is 10.2. The van der Waals surface area contributed by atoms with E-state index in [1.165, 1.54) is 4.90 Å². The molecule has 0 aromatic rings. The van der Waals surface area contributed by atoms with Crippen molar-refractivity contribution in [2.45, 2.75) is 46.3 Å². The van der Waals surface area contributed by atoms with E-state index in [4.69, 9.17) is 15.2 Å². The Labute approximate surface area is 113 Å². The van der Waals surface area contributed by atoms with Gasteiger partial charge >= 0.3 is 12.1 Å². The highest BCUT2D eigenvalue weighted by Crippen LogP contribution is 2.25. The summed E-state index contributed by atoms with van der Waals surface area (Å²) in [5.41, 5.74) is 5.94. The molecule has 1 amide bonds. The molecule has 0 radical (unpaired) electrons. The lowest BCUT2D eigenvalue weighted by Crippen LogP contribution is -2.41. The zero-order chi connectivity index (χ0) is 14.8. The predicted molar refractivity (Wildman–Crippen MR) is 70.2 cm³/mol. The van der Waals surface area contributed by atoms with Gasteiger partial charge in [0.05, 0.1) is 24.8 Å². The summed E-state index contributed by atoms with van der Waals surface area (Å²) in [5.74, 6) is -0.474. The normalized spacial score (nSPS) is 19.6. The van der Waals surface area contributed by atoms with Gasteiger partial charge in [-0.05, 0) is 34.6 Å². The molecule has 0 fully saturated rings. The minimum absolute atomic E-state index is 0.185. The zero-order valence-electron chi connectivity index (χ0n) is 12.1. The molecule has 0 saturated carbocycles. The Hall–Kier alpha value is -1.72. The molecule has 0 spiro atoms. The minimum Gasteiger partial charge on any atom is -0.463 e. The van der Waals surface area contributed by atoms with Crippen LogP contribution in [0.25, 0.3) is 0 Å². The number of ether oxygens (including phenoxy) is 2. The van der Waals surface area contributed by atoms with E-state index >= 15 is 0 Å². The Bertz CT molecular complexity index is 409. The molecule has 1 unspecified atom stereocenters. The summed E-state index contributed by atoms with van der Waals surface area (Å²) >= 11 is 0. The van der Waals surface area contributed by atoms with Gasteiger partial charge in [-0.2, -0.15) is 0 Å². The average molecular weight is 270 g/mol. The fourth-order valence-electron chi connectivity index (χ4n) is 1.88. The van der Waals surface area contributed by atoms with E-state index in [1.807, 2.05) is 0 Å². The highest BCUT2D eigenvalue weighted by atomic mass is 16.6. The second-order valence-electron chi connectivity index (χ2n) is 5.44. The van der Waals surface area contributed by atoms with Crippen molar-refractivity contribution in [1.82, 2.24) is 4.90 Å². The van der Waals surface area contributed by atoms with Crippen molar-refractivity contribution in [2.24, 2.45) is 5.73 Å². The third-order valence-corrected chi connectivity index (χ3v) is 2.70. The van der Waals surface area contributed by atoms with Crippen LogP contribution in [-0.4, -0.2) is 41.8 Å². The van der Waals surface area contributed by atoms with E-state index in [0.29, 0.717) is 11.3 Å². The number of esters is 1. The van der Waals surface area contributed by atoms with Crippen molar-refractivity contribution >= 4 is 12.1 Å². The Morgan fingerprint density at radius 1 is 1.42 bits per heavy atom. The lowest BCUT2D eigenvalue weighted by Gasteiger charge is -2.27. The second kappa shape index (κ2) is 5.50. The third-order valence-electron chi connectivity index (χ3n) is 2.70. The molecule has 1 atom stereocenters. The molecule has 6 nitrogen and oxygen atoms in total. The van der Waals surface area contributed by atoms with Gasteiger partial charge in [0.15, 0.2) is 0 Å². The molecule has 0 saturated heterocycles. The van der Waals surface area contributed by atoms with Gasteiger partial charge in [0.2, 0.25) is 0 Å². The van der Waals surface area contributed by atoms with Crippen molar-refractivity contribution in [3.8, 4) is 0 Å². The Kier molecular flexibility index (Phi) is 4.44. The van der Waals surface area contributed by atoms with Crippen LogP contribution in [0.15, 0.2) is 11.3 Å². The van der Waals surface area contributed by atoms with Crippen LogP contribution in [0.5, 0.6) is 0 Å². The Morgan fingerprint density at radius 3 is 2.47 bits per heavy atom. The smallest absolute Gasteiger partial charge is 0.411 e. The molecule has 1 aliphatic rings. The standard InChI is InChI=1S/C13H22N2O4/c1-6-18-11(16)10-8(2)15(7-9(10)14)12(17)19-13(3,4)5/h8H,6-7,14H2,1-5H3. The first-order chi connectivity index (χ1) is 8.67. The van der Waals surface area contributed by atoms with Gasteiger partial charge < -0.3 is 15.2 Å². The van der Waals surface area contributed by atoms with E-state index in [9.17, 15) is 9.59 Å². The van der Waals surface area contributed by atoms with E-state index in [2.05, 4.69) is 0 Å². The molecule has 2 N–H and O–H groups in total. The number of hydrogen-bond acceptors (Lipinski definition) is 5. The Morgan fingerprint density at radius 2 is 2.00 bits per heavy atom. The minimum atomic E-state index is -0.585. The first kappa shape index (κ1) is 15.3. The number of nitrogens with zero attached hydrogens (tertiary/aromatic N) is 1. The van der Waals surface area contributed by atoms with Crippen LogP contribution in [0.2, 0.25) is 0 Å². The number of nitrogens with two attached hydrogens (primary N) is 1. The topological polar surface area (TPSA) is 81.9 Å². The monoisotopic (exact) mass is 270 g/mol. The summed E-state index contributed by atoms with van der Waals surface area (Å²) in [4.78, 5) is 25.2. The van der Waals surface area contributed by atoms with Gasteiger partial charge in [0.25, 0.3) is 0 Å². The third kappa shape index (κ3) is 3.62. The van der Waals surface area contributed by atoms with Crippen LogP contribution >= 0.6 is 0 Å². The summed E-state index contributed by atoms with van der Waals surface area (Å²) in [6.45, 7) is 9.27. The number of amides is 1. The zero-order valence-corrected chi connectivity index (χ0v) is 12.1. The SMILES string of the molecule is CCOC(=O)C1=C(N)CN(C(=O)OC(C)(C)C)C1C. The van der Waals surface area contributed by atoms with E-state index in [1.54, 1.807) is 34.6 Å². The molecule has 6 heteroatoms. The first-order valence-electron chi connectivity index (χ1n) is 6.32. The van der Waals surface area contributed by atoms with Crippen molar-refractivity contribution in [2.75, 3.05) is 13.2 Å². The molecular formula is C13H22N2O4. The lowest BCUT2D eigenvalue weighted by molar-refractivity contribution is -0.138. The van der Waals surface area contributed by atoms with Gasteiger partial charge in [-0.15, -0.1) is 0 Å². The molecule has 0 aromatic carbocycles. The van der Waals surface area contributed by atoms with Crippen molar-refractivity contribution in [1.29, 1.82) is 0 Å². The fourth-order valence-corrected chi connectivity index (χ4v) is 1.88. The molecular weight excluding hydrogens is 248 g/mol. The first-order valence-corrected chi connectivity index (χ1v) is 6.32. The molecule has 108 valence electrons. The van der Waals surface area contributed by atoms with Crippen LogP contribution in [0.3, 0.4) is 0 Å². The van der Waals surface area contributed by atoms with Gasteiger partial charge in [-0.25, -0.2) is 9.59 Å². The molecule has 1 heterocycles. The number of hydrogen-bond donors (Lipinski definition) is 1. The van der Waals surface area contributed by atoms with E-state index in [0.717, 1.165) is 0 Å². The summed E-state index contributed by atoms with van der Waals surface area (Å²) in [7, 11) is 0. The van der Waals surface area contributed by atoms with Gasteiger partial charge in [0.1, 0.15) is 5.60 Å². The fraction of sp³-hybridized carbons (Fsp3) is 0.692. The number of carbonyl (C=O) groups is 2. The molecule has 0 aromatic heterocycles. The number of rotatable bonds is 2. The summed E-state index contributed by atoms with van der Waals surface area (Å²) in [6.07, 6.45) is -0.484. The number of carbonyl (C=O) groups excluding carboxylic acids is 2. The van der Waals surface area contributed by atoms with Crippen molar-refractivity contribution in [3.05, 3.63) is 11.3 Å². The van der Waals surface area contributed by atoms with Crippen LogP contribution in [0, 0.1) is 0 Å². The maximum Gasteiger partial charge on any atom is 0.411 e. The second-order valence-corrected chi connectivity index (χ2v) is 5.44. The highest BCUT2D eigenvalue weighted by Gasteiger charge is 2.38. The summed E-state index contributed by atoms with van der Waals surface area (Å²) in [5, 5.41) is 0. The van der Waals surface area contributed by atoms with Crippen molar-refractivity contribution < 1.29 is 19.1 Å². The molecule has 19 heavy (non-hydrogen) atoms. The Balaban J connectivity index is 2.80. The lowest BCUT2D eigenvalue weighted by atomic mass is 10.1. The molecule has 1 rings (SSSR count). The van der Waals surface area contributed by atoms with Crippen LogP contribution in [-0.2, 0) is 14.3 Å². The van der Waals surface area contributed by atoms with E-state index in [-0.39, 0.29) is 13.2 Å². The average Bonchev–Trinajstić information content (AvgIpc) is 2.52. The van der Waals surface area contributed by atoms with Gasteiger partial charge in [-0.3, -0.25) is 4.90 Å². The van der Waals surface area contributed by atoms with Crippen LogP contribution < -0.4 is 5.73 Å². The van der Waals surface area contributed by atoms with Crippen molar-refractivity contribution in [3.63, 3.8) is 0 Å². The molecule has 1 aliphatic heterocycles. The van der Waals surface area contributed by atoms with Crippen LogP contribution in [0.1, 0.15) is 34.6 Å². The largest absolute Gasteiger partial charge is 0.463 e. The molecule has 0 aliphatic carbocycles.